The SMILES string of the molecule is O=C(C#CCNC(=O)OCC1c2ccccc2-c2ccccc21)N[C@@H](C(=O)O)c1ccccc1Cl. The highest BCUT2D eigenvalue weighted by Gasteiger charge is 2.29. The number of hydrogen-bond donors (Lipinski definition) is 3. The third-order valence-electron chi connectivity index (χ3n) is 5.61. The number of ether oxygens (including phenoxy) is 1. The van der Waals surface area contributed by atoms with E-state index in [9.17, 15) is 19.5 Å². The van der Waals surface area contributed by atoms with Crippen LogP contribution in [0.5, 0.6) is 0 Å². The Kier molecular flexibility index (Phi) is 7.34. The van der Waals surface area contributed by atoms with Crippen LogP contribution in [0.15, 0.2) is 72.8 Å². The number of carboxylic acid groups (broad SMARTS) is 1. The molecule has 0 saturated heterocycles. The highest BCUT2D eigenvalue weighted by Crippen LogP contribution is 2.44. The maximum atomic E-state index is 12.2. The van der Waals surface area contributed by atoms with Gasteiger partial charge in [-0.15, -0.1) is 0 Å². The molecule has 1 aliphatic carbocycles. The molecular formula is C27H21ClN2O5. The van der Waals surface area contributed by atoms with Crippen molar-refractivity contribution in [1.82, 2.24) is 10.6 Å². The Morgan fingerprint density at radius 2 is 1.54 bits per heavy atom. The summed E-state index contributed by atoms with van der Waals surface area (Å²) in [6.07, 6.45) is -0.666. The Morgan fingerprint density at radius 1 is 0.943 bits per heavy atom. The van der Waals surface area contributed by atoms with Crippen LogP contribution < -0.4 is 10.6 Å². The molecular weight excluding hydrogens is 468 g/mol. The number of benzene rings is 3. The Morgan fingerprint density at radius 3 is 2.17 bits per heavy atom. The van der Waals surface area contributed by atoms with Crippen LogP contribution in [0.4, 0.5) is 4.79 Å². The van der Waals surface area contributed by atoms with E-state index in [1.807, 2.05) is 36.4 Å². The predicted octanol–water partition coefficient (Wildman–Crippen LogP) is 4.12. The fraction of sp³-hybridized carbons (Fsp3) is 0.148. The summed E-state index contributed by atoms with van der Waals surface area (Å²) in [4.78, 5) is 35.8. The van der Waals surface area contributed by atoms with Crippen LogP contribution >= 0.6 is 11.6 Å². The van der Waals surface area contributed by atoms with Crippen LogP contribution in [-0.2, 0) is 14.3 Å². The number of halogens is 1. The molecule has 0 heterocycles. The van der Waals surface area contributed by atoms with Crippen LogP contribution in [0, 0.1) is 11.8 Å². The summed E-state index contributed by atoms with van der Waals surface area (Å²) >= 11 is 6.03. The van der Waals surface area contributed by atoms with Crippen LogP contribution in [0.1, 0.15) is 28.7 Å². The van der Waals surface area contributed by atoms with Crippen molar-refractivity contribution in [2.24, 2.45) is 0 Å². The highest BCUT2D eigenvalue weighted by molar-refractivity contribution is 6.31. The first-order valence-corrected chi connectivity index (χ1v) is 11.2. The lowest BCUT2D eigenvalue weighted by molar-refractivity contribution is -0.141. The summed E-state index contributed by atoms with van der Waals surface area (Å²) < 4.78 is 5.40. The van der Waals surface area contributed by atoms with Gasteiger partial charge in [-0.3, -0.25) is 4.79 Å². The van der Waals surface area contributed by atoms with Gasteiger partial charge in [0.05, 0.1) is 6.54 Å². The zero-order valence-electron chi connectivity index (χ0n) is 18.5. The summed E-state index contributed by atoms with van der Waals surface area (Å²) in [7, 11) is 0. The molecule has 7 nitrogen and oxygen atoms in total. The number of aliphatic carboxylic acids is 1. The topological polar surface area (TPSA) is 105 Å². The van der Waals surface area contributed by atoms with Crippen molar-refractivity contribution >= 4 is 29.6 Å². The molecule has 2 amide bonds. The smallest absolute Gasteiger partial charge is 0.407 e. The second kappa shape index (κ2) is 10.8. The lowest BCUT2D eigenvalue weighted by Gasteiger charge is -2.14. The molecule has 3 aromatic carbocycles. The first-order chi connectivity index (χ1) is 17.0. The minimum atomic E-state index is -1.35. The molecule has 4 rings (SSSR count). The number of carbonyl (C=O) groups is 3. The number of amides is 2. The van der Waals surface area contributed by atoms with E-state index in [1.165, 1.54) is 12.1 Å². The maximum Gasteiger partial charge on any atom is 0.407 e. The highest BCUT2D eigenvalue weighted by atomic mass is 35.5. The molecule has 3 aromatic rings. The molecule has 0 saturated carbocycles. The second-order valence-corrected chi connectivity index (χ2v) is 8.15. The van der Waals surface area contributed by atoms with Gasteiger partial charge in [0.25, 0.3) is 5.91 Å². The molecule has 0 aromatic heterocycles. The number of carboxylic acids is 1. The van der Waals surface area contributed by atoms with Crippen LogP contribution in [0.25, 0.3) is 11.1 Å². The molecule has 0 aliphatic heterocycles. The summed E-state index contributed by atoms with van der Waals surface area (Å²) in [5.41, 5.74) is 4.71. The summed E-state index contributed by atoms with van der Waals surface area (Å²) in [5, 5.41) is 14.4. The van der Waals surface area contributed by atoms with Gasteiger partial charge in [-0.25, -0.2) is 9.59 Å². The van der Waals surface area contributed by atoms with Gasteiger partial charge in [-0.05, 0) is 34.2 Å². The molecule has 0 radical (unpaired) electrons. The van der Waals surface area contributed by atoms with Gasteiger partial charge in [-0.1, -0.05) is 84.3 Å². The molecule has 1 aliphatic rings. The molecule has 35 heavy (non-hydrogen) atoms. The van der Waals surface area contributed by atoms with Gasteiger partial charge >= 0.3 is 12.1 Å². The van der Waals surface area contributed by atoms with Crippen molar-refractivity contribution in [2.45, 2.75) is 12.0 Å². The maximum absolute atomic E-state index is 12.2. The first kappa shape index (κ1) is 23.9. The molecule has 1 atom stereocenters. The zero-order valence-corrected chi connectivity index (χ0v) is 19.2. The number of hydrogen-bond acceptors (Lipinski definition) is 4. The summed E-state index contributed by atoms with van der Waals surface area (Å²) in [6, 6.07) is 21.0. The van der Waals surface area contributed by atoms with Gasteiger partial charge in [0, 0.05) is 16.5 Å². The average molecular weight is 489 g/mol. The van der Waals surface area contributed by atoms with Gasteiger partial charge in [-0.2, -0.15) is 0 Å². The van der Waals surface area contributed by atoms with E-state index in [4.69, 9.17) is 16.3 Å². The van der Waals surface area contributed by atoms with E-state index < -0.39 is 24.0 Å². The standard InChI is InChI=1S/C27H21ClN2O5/c28-23-13-6-5-12-21(23)25(26(32)33)30-24(31)14-7-15-29-27(34)35-16-22-19-10-3-1-8-17(19)18-9-2-4-11-20(18)22/h1-6,8-13,22,25H,15-16H2,(H,29,34)(H,30,31)(H,32,33)/t25-/m1/s1. The van der Waals surface area contributed by atoms with E-state index in [-0.39, 0.29) is 29.7 Å². The lowest BCUT2D eigenvalue weighted by atomic mass is 9.98. The summed E-state index contributed by atoms with van der Waals surface area (Å²) in [6.45, 7) is 0.0137. The van der Waals surface area contributed by atoms with Crippen molar-refractivity contribution in [3.63, 3.8) is 0 Å². The fourth-order valence-electron chi connectivity index (χ4n) is 4.04. The van der Waals surface area contributed by atoms with Crippen LogP contribution in [0.2, 0.25) is 5.02 Å². The Balaban J connectivity index is 1.29. The number of alkyl carbamates (subject to hydrolysis) is 1. The minimum Gasteiger partial charge on any atom is -0.479 e. The molecule has 3 N–H and O–H groups in total. The normalized spacial score (nSPS) is 12.4. The van der Waals surface area contributed by atoms with Crippen LogP contribution in [0.3, 0.4) is 0 Å². The summed E-state index contributed by atoms with van der Waals surface area (Å²) in [5.74, 6) is 2.59. The molecule has 0 unspecified atom stereocenters. The number of rotatable bonds is 6. The Labute approximate surface area is 207 Å². The first-order valence-electron chi connectivity index (χ1n) is 10.8. The van der Waals surface area contributed by atoms with E-state index in [1.54, 1.807) is 12.1 Å². The van der Waals surface area contributed by atoms with E-state index in [0.29, 0.717) is 0 Å². The zero-order chi connectivity index (χ0) is 24.8. The third-order valence-corrected chi connectivity index (χ3v) is 5.95. The Bertz CT molecular complexity index is 1300. The monoisotopic (exact) mass is 488 g/mol. The van der Waals surface area contributed by atoms with E-state index in [0.717, 1.165) is 22.3 Å². The van der Waals surface area contributed by atoms with Gasteiger partial charge in [0.15, 0.2) is 6.04 Å². The van der Waals surface area contributed by atoms with Crippen molar-refractivity contribution in [3.05, 3.63) is 94.5 Å². The van der Waals surface area contributed by atoms with Crippen molar-refractivity contribution in [2.75, 3.05) is 13.2 Å². The lowest BCUT2D eigenvalue weighted by Crippen LogP contribution is -2.33. The molecule has 176 valence electrons. The number of nitrogens with one attached hydrogen (secondary N) is 2. The van der Waals surface area contributed by atoms with E-state index in [2.05, 4.69) is 34.6 Å². The number of fused-ring (bicyclic) bond motifs is 3. The molecule has 0 spiro atoms. The van der Waals surface area contributed by atoms with Gasteiger partial charge in [0.2, 0.25) is 0 Å². The average Bonchev–Trinajstić information content (AvgIpc) is 3.18. The fourth-order valence-corrected chi connectivity index (χ4v) is 4.28. The largest absolute Gasteiger partial charge is 0.479 e. The predicted molar refractivity (Wildman–Crippen MR) is 131 cm³/mol. The third kappa shape index (κ3) is 5.45. The minimum absolute atomic E-state index is 0.0669. The number of carbonyl (C=O) groups excluding carboxylic acids is 2. The van der Waals surface area contributed by atoms with E-state index >= 15 is 0 Å². The molecule has 0 bridgehead atoms. The quantitative estimate of drug-likeness (QED) is 0.453. The van der Waals surface area contributed by atoms with Crippen molar-refractivity contribution in [1.29, 1.82) is 0 Å². The molecule has 0 fully saturated rings. The van der Waals surface area contributed by atoms with Crippen molar-refractivity contribution in [3.8, 4) is 23.0 Å². The van der Waals surface area contributed by atoms with Crippen molar-refractivity contribution < 1.29 is 24.2 Å². The second-order valence-electron chi connectivity index (χ2n) is 7.75. The van der Waals surface area contributed by atoms with Gasteiger partial charge in [0.1, 0.15) is 6.61 Å². The van der Waals surface area contributed by atoms with Crippen LogP contribution in [-0.4, -0.2) is 36.2 Å². The van der Waals surface area contributed by atoms with Gasteiger partial charge < -0.3 is 20.5 Å². The Hall–Kier alpha value is -4.28. The molecule has 8 heteroatoms.